The van der Waals surface area contributed by atoms with Crippen molar-refractivity contribution in [1.29, 1.82) is 0 Å². The van der Waals surface area contributed by atoms with E-state index in [1.807, 2.05) is 175 Å². The average molecular weight is 1790 g/mol. The SMILES string of the molecule is Cc1c(Nc2ccc(-n3cncn3)cc2Cl)ncnc1OC(C)C.Cc1c(Nc2ccc(-n3cncn3)cc2F)ncnc1OC(C)C.Cc1ccc(Nc2ncnc(OC(C)C)c2C)c(C)n1.Cc1ncccc1Nc1ncnc(OC(C)C)c1C.[C-]#[N+]c1ccc(Nc2ncnc(OC(C)C)c2C)c(Cl)c1.[C-]#[N+]c1ccc(Nc2ncnc(OC(C)C)c2C)c(F)c1. The Morgan fingerprint density at radius 2 is 0.620 bits per heavy atom. The van der Waals surface area contributed by atoms with E-state index in [1.54, 1.807) is 66.6 Å². The first-order chi connectivity index (χ1) is 61.6. The van der Waals surface area contributed by atoms with Gasteiger partial charge in [-0.2, -0.15) is 10.2 Å². The number of aryl methyl sites for hydroxylation is 3. The summed E-state index contributed by atoms with van der Waals surface area (Å²) in [6.45, 7) is 54.3. The summed E-state index contributed by atoms with van der Waals surface area (Å²) in [6, 6.07) is 27.4. The molecule has 6 N–H and O–H groups in total. The van der Waals surface area contributed by atoms with Gasteiger partial charge in [0.1, 0.15) is 110 Å². The lowest BCUT2D eigenvalue weighted by molar-refractivity contribution is 0.230. The summed E-state index contributed by atoms with van der Waals surface area (Å²) in [5, 5.41) is 27.9. The molecule has 0 amide bonds. The van der Waals surface area contributed by atoms with E-state index in [9.17, 15) is 8.78 Å². The van der Waals surface area contributed by atoms with Crippen LogP contribution < -0.4 is 60.3 Å². The molecule has 0 spiro atoms. The molecule has 4 aromatic carbocycles. The number of aromatic nitrogens is 20. The van der Waals surface area contributed by atoms with E-state index in [2.05, 4.69) is 132 Å². The van der Waals surface area contributed by atoms with E-state index in [-0.39, 0.29) is 48.0 Å². The maximum atomic E-state index is 14.4. The molecule has 0 aliphatic carbocycles. The van der Waals surface area contributed by atoms with E-state index >= 15 is 0 Å². The van der Waals surface area contributed by atoms with Gasteiger partial charge < -0.3 is 60.3 Å². The van der Waals surface area contributed by atoms with Crippen LogP contribution in [0, 0.1) is 87.1 Å². The molecule has 0 unspecified atom stereocenters. The summed E-state index contributed by atoms with van der Waals surface area (Å²) in [5.74, 6) is 6.02. The van der Waals surface area contributed by atoms with Crippen LogP contribution in [0.5, 0.6) is 35.3 Å². The van der Waals surface area contributed by atoms with Crippen molar-refractivity contribution in [3.05, 3.63) is 262 Å². The first kappa shape index (κ1) is 97.8. The maximum absolute atomic E-state index is 14.4. The number of rotatable bonds is 26. The molecule has 0 atom stereocenters. The molecule has 14 aromatic rings. The smallest absolute Gasteiger partial charge is 0.221 e. The Balaban J connectivity index is 0.000000175. The zero-order valence-electron chi connectivity index (χ0n) is 75.4. The third-order valence-corrected chi connectivity index (χ3v) is 18.1. The van der Waals surface area contributed by atoms with Crippen molar-refractivity contribution in [2.75, 3.05) is 31.9 Å². The van der Waals surface area contributed by atoms with Crippen LogP contribution in [0.2, 0.25) is 10.0 Å². The Bertz CT molecular complexity index is 5880. The Hall–Kier alpha value is -15.0. The number of ether oxygens (including phenoxy) is 6. The highest BCUT2D eigenvalue weighted by molar-refractivity contribution is 6.34. The molecule has 0 aliphatic heterocycles. The second kappa shape index (κ2) is 47.3. The molecular formula is C91H102Cl2F2N28O6. The highest BCUT2D eigenvalue weighted by Crippen LogP contribution is 2.36. The topological polar surface area (TPSA) is 378 Å². The molecule has 0 aliphatic rings. The lowest BCUT2D eigenvalue weighted by Gasteiger charge is -2.15. The van der Waals surface area contributed by atoms with E-state index in [0.717, 1.165) is 73.7 Å². The molecule has 14 rings (SSSR count). The normalized spacial score (nSPS) is 10.6. The lowest BCUT2D eigenvalue weighted by Crippen LogP contribution is -2.10. The molecule has 38 heteroatoms. The first-order valence-electron chi connectivity index (χ1n) is 40.7. The van der Waals surface area contributed by atoms with Gasteiger partial charge in [-0.1, -0.05) is 35.3 Å². The number of benzene rings is 4. The fourth-order valence-corrected chi connectivity index (χ4v) is 11.6. The molecule has 670 valence electrons. The number of hydrogen-bond acceptors (Lipinski definition) is 30. The van der Waals surface area contributed by atoms with E-state index < -0.39 is 11.6 Å². The van der Waals surface area contributed by atoms with Gasteiger partial charge in [0, 0.05) is 18.0 Å². The standard InChI is InChI=1S/C16H17ClN6O.C16H17FN6O.C15H15ClN4O.C15H15FN4O.C15H20N4O.C14H18N4O/c2*1-10(2)24-16-11(3)15(19-8-20-16)22-14-5-4-12(6-13(14)17)23-9-18-7-21-23;2*1-9(2)21-15-10(3)14(18-8-19-15)20-13-6-5-11(17-4)7-12(13)16;1-9(2)20-15-11(4)14(16-8-17-15)19-13-7-6-10(3)18-12(13)5;1-9(2)19-14-10(3)13(16-8-17-14)18-12-6-5-7-15-11(12)4/h2*4-10H,1-3H3,(H,19,20,22);2*5-9H,1-3H3,(H,18,19,20);6-9H,1-5H3,(H,16,17,19);5-9H,1-4H3,(H,16,17,18). The summed E-state index contributed by atoms with van der Waals surface area (Å²) in [5.41, 5.74) is 13.7. The first-order valence-corrected chi connectivity index (χ1v) is 41.4. The van der Waals surface area contributed by atoms with Gasteiger partial charge in [-0.15, -0.1) is 0 Å². The summed E-state index contributed by atoms with van der Waals surface area (Å²) >= 11 is 12.5. The molecule has 0 saturated carbocycles. The highest BCUT2D eigenvalue weighted by Gasteiger charge is 2.20. The van der Waals surface area contributed by atoms with Gasteiger partial charge in [0.25, 0.3) is 0 Å². The number of anilines is 12. The second-order valence-electron chi connectivity index (χ2n) is 29.9. The summed E-state index contributed by atoms with van der Waals surface area (Å²) in [7, 11) is 0. The predicted molar refractivity (Wildman–Crippen MR) is 496 cm³/mol. The second-order valence-corrected chi connectivity index (χ2v) is 30.8. The third kappa shape index (κ3) is 29.0. The molecule has 0 bridgehead atoms. The van der Waals surface area contributed by atoms with E-state index in [0.29, 0.717) is 102 Å². The Morgan fingerprint density at radius 1 is 0.326 bits per heavy atom. The van der Waals surface area contributed by atoms with Crippen molar-refractivity contribution in [2.45, 2.75) is 182 Å². The van der Waals surface area contributed by atoms with Crippen LogP contribution in [0.1, 0.15) is 134 Å². The van der Waals surface area contributed by atoms with Crippen molar-refractivity contribution >= 4 is 104 Å². The van der Waals surface area contributed by atoms with Gasteiger partial charge in [-0.3, -0.25) is 9.97 Å². The van der Waals surface area contributed by atoms with Gasteiger partial charge in [-0.25, -0.2) is 97.6 Å². The molecular weight excluding hydrogens is 1690 g/mol. The average Bonchev–Trinajstić information content (AvgIpc) is 1.79. The molecule has 10 heterocycles. The Kier molecular flexibility index (Phi) is 35.9. The minimum absolute atomic E-state index is 0.00912. The molecule has 0 saturated heterocycles. The summed E-state index contributed by atoms with van der Waals surface area (Å²) in [4.78, 5) is 73.0. The van der Waals surface area contributed by atoms with Crippen LogP contribution in [-0.2, 0) is 0 Å². The summed E-state index contributed by atoms with van der Waals surface area (Å²) < 4.78 is 65.2. The number of halogens is 4. The minimum Gasteiger partial charge on any atom is -0.475 e. The van der Waals surface area contributed by atoms with Crippen LogP contribution >= 0.6 is 23.2 Å². The van der Waals surface area contributed by atoms with Gasteiger partial charge in [-0.05, 0) is 224 Å². The number of hydrogen-bond donors (Lipinski definition) is 6. The highest BCUT2D eigenvalue weighted by atomic mass is 35.5. The molecule has 0 radical (unpaired) electrons. The van der Waals surface area contributed by atoms with Crippen LogP contribution in [0.15, 0.2) is 167 Å². The van der Waals surface area contributed by atoms with E-state index in [1.165, 1.54) is 79.8 Å². The van der Waals surface area contributed by atoms with Crippen LogP contribution in [-0.4, -0.2) is 136 Å². The lowest BCUT2D eigenvalue weighted by atomic mass is 10.2. The van der Waals surface area contributed by atoms with Crippen LogP contribution in [0.3, 0.4) is 0 Å². The van der Waals surface area contributed by atoms with Crippen LogP contribution in [0.25, 0.3) is 21.1 Å². The largest absolute Gasteiger partial charge is 0.475 e. The molecule has 10 aromatic heterocycles. The van der Waals surface area contributed by atoms with Gasteiger partial charge in [0.15, 0.2) is 11.4 Å². The van der Waals surface area contributed by atoms with Crippen molar-refractivity contribution in [3.63, 3.8) is 0 Å². The maximum Gasteiger partial charge on any atom is 0.221 e. The Morgan fingerprint density at radius 3 is 0.922 bits per heavy atom. The fraction of sp³-hybridized carbons (Fsp3) is 0.297. The number of nitrogens with zero attached hydrogens (tertiary/aromatic N) is 22. The predicted octanol–water partition coefficient (Wildman–Crippen LogP) is 21.5. The van der Waals surface area contributed by atoms with Gasteiger partial charge in [0.05, 0.1) is 150 Å². The van der Waals surface area contributed by atoms with Crippen molar-refractivity contribution in [1.82, 2.24) is 99.3 Å². The number of nitrogens with one attached hydrogen (secondary N) is 6. The minimum atomic E-state index is -0.507. The third-order valence-electron chi connectivity index (χ3n) is 17.5. The van der Waals surface area contributed by atoms with Crippen molar-refractivity contribution < 1.29 is 37.2 Å². The fourth-order valence-electron chi connectivity index (χ4n) is 11.1. The monoisotopic (exact) mass is 1790 g/mol. The summed E-state index contributed by atoms with van der Waals surface area (Å²) in [6.07, 6.45) is 16.6. The molecule has 129 heavy (non-hydrogen) atoms. The van der Waals surface area contributed by atoms with Crippen molar-refractivity contribution in [2.24, 2.45) is 0 Å². The van der Waals surface area contributed by atoms with Gasteiger partial charge >= 0.3 is 0 Å². The van der Waals surface area contributed by atoms with Crippen molar-refractivity contribution in [3.8, 4) is 46.7 Å². The molecule has 0 fully saturated rings. The Labute approximate surface area is 758 Å². The zero-order valence-corrected chi connectivity index (χ0v) is 76.9. The quantitative estimate of drug-likeness (QED) is 0.0274. The number of pyridine rings is 2. The van der Waals surface area contributed by atoms with Crippen LogP contribution in [0.4, 0.5) is 89.2 Å². The molecule has 34 nitrogen and oxygen atoms in total. The zero-order chi connectivity index (χ0) is 93.5. The van der Waals surface area contributed by atoms with Gasteiger partial charge in [0.2, 0.25) is 35.3 Å². The van der Waals surface area contributed by atoms with E-state index in [4.69, 9.17) is 64.8 Å².